The summed E-state index contributed by atoms with van der Waals surface area (Å²) in [6, 6.07) is 0.418. The zero-order valence-corrected chi connectivity index (χ0v) is 10.7. The first-order chi connectivity index (χ1) is 7.72. The number of halogens is 1. The Balaban J connectivity index is 1.72. The summed E-state index contributed by atoms with van der Waals surface area (Å²) in [4.78, 5) is 6.73. The van der Waals surface area contributed by atoms with E-state index in [1.165, 1.54) is 19.3 Å². The molecule has 3 atom stereocenters. The Labute approximate surface area is 105 Å². The molecule has 1 aromatic rings. The van der Waals surface area contributed by atoms with Gasteiger partial charge in [0.2, 0.25) is 0 Å². The van der Waals surface area contributed by atoms with Gasteiger partial charge in [-0.2, -0.15) is 0 Å². The van der Waals surface area contributed by atoms with E-state index in [-0.39, 0.29) is 0 Å². The van der Waals surface area contributed by atoms with E-state index in [9.17, 15) is 0 Å². The largest absolute Gasteiger partial charge is 0.347 e. The molecule has 1 unspecified atom stereocenters. The molecule has 0 aromatic carbocycles. The number of fused-ring (bicyclic) bond motifs is 1. The van der Waals surface area contributed by atoms with Crippen molar-refractivity contribution in [3.8, 4) is 0 Å². The lowest BCUT2D eigenvalue weighted by molar-refractivity contribution is 0.271. The van der Waals surface area contributed by atoms with Crippen LogP contribution >= 0.6 is 22.9 Å². The van der Waals surface area contributed by atoms with Crippen molar-refractivity contribution >= 4 is 28.1 Å². The summed E-state index contributed by atoms with van der Waals surface area (Å²) >= 11 is 7.51. The molecule has 0 radical (unpaired) electrons. The van der Waals surface area contributed by atoms with E-state index >= 15 is 0 Å². The van der Waals surface area contributed by atoms with Gasteiger partial charge in [-0.15, -0.1) is 11.3 Å². The minimum Gasteiger partial charge on any atom is -0.347 e. The van der Waals surface area contributed by atoms with Crippen LogP contribution in [0.3, 0.4) is 0 Å². The molecular formula is C11H16ClN3S. The van der Waals surface area contributed by atoms with Crippen LogP contribution in [0.1, 0.15) is 19.3 Å². The Kier molecular flexibility index (Phi) is 2.81. The standard InChI is InChI=1S/C11H16ClN3S/c12-10-6-16-11(14-10)15-4-7-1-2-9(13)3-8(7)5-15/h6-9H,1-5,13H2/t7-,8+,9?/m1/s1. The van der Waals surface area contributed by atoms with Crippen LogP contribution in [0.2, 0.25) is 5.15 Å². The van der Waals surface area contributed by atoms with Crippen molar-refractivity contribution in [1.82, 2.24) is 4.98 Å². The molecule has 2 N–H and O–H groups in total. The molecule has 16 heavy (non-hydrogen) atoms. The van der Waals surface area contributed by atoms with Gasteiger partial charge in [0.15, 0.2) is 5.13 Å². The minimum atomic E-state index is 0.418. The first-order valence-electron chi connectivity index (χ1n) is 5.84. The van der Waals surface area contributed by atoms with E-state index in [4.69, 9.17) is 17.3 Å². The predicted octanol–water partition coefficient (Wildman–Crippen LogP) is 2.36. The van der Waals surface area contributed by atoms with Crippen molar-refractivity contribution in [1.29, 1.82) is 0 Å². The van der Waals surface area contributed by atoms with E-state index in [1.807, 2.05) is 5.38 Å². The van der Waals surface area contributed by atoms with E-state index in [0.717, 1.165) is 30.1 Å². The zero-order chi connectivity index (χ0) is 11.1. The fourth-order valence-corrected chi connectivity index (χ4v) is 3.98. The summed E-state index contributed by atoms with van der Waals surface area (Å²) in [5.74, 6) is 1.59. The van der Waals surface area contributed by atoms with Crippen molar-refractivity contribution in [3.05, 3.63) is 10.5 Å². The van der Waals surface area contributed by atoms with Gasteiger partial charge in [0.1, 0.15) is 5.15 Å². The number of nitrogens with two attached hydrogens (primary N) is 1. The van der Waals surface area contributed by atoms with Crippen LogP contribution in [0.15, 0.2) is 5.38 Å². The maximum Gasteiger partial charge on any atom is 0.186 e. The highest BCUT2D eigenvalue weighted by molar-refractivity contribution is 7.14. The number of nitrogens with zero attached hydrogens (tertiary/aromatic N) is 2. The molecule has 0 bridgehead atoms. The van der Waals surface area contributed by atoms with Gasteiger partial charge in [0, 0.05) is 24.5 Å². The summed E-state index contributed by atoms with van der Waals surface area (Å²) in [6.07, 6.45) is 3.65. The zero-order valence-electron chi connectivity index (χ0n) is 9.10. The Hall–Kier alpha value is -0.320. The molecule has 1 aliphatic heterocycles. The Morgan fingerprint density at radius 2 is 2.19 bits per heavy atom. The van der Waals surface area contributed by atoms with Crippen molar-refractivity contribution in [2.75, 3.05) is 18.0 Å². The number of thiazole rings is 1. The monoisotopic (exact) mass is 257 g/mol. The number of rotatable bonds is 1. The van der Waals surface area contributed by atoms with Crippen molar-refractivity contribution in [2.45, 2.75) is 25.3 Å². The second kappa shape index (κ2) is 4.17. The van der Waals surface area contributed by atoms with Crippen molar-refractivity contribution < 1.29 is 0 Å². The van der Waals surface area contributed by atoms with Gasteiger partial charge in [0.25, 0.3) is 0 Å². The topological polar surface area (TPSA) is 42.1 Å². The first kappa shape index (κ1) is 10.8. The van der Waals surface area contributed by atoms with E-state index in [2.05, 4.69) is 9.88 Å². The normalized spacial score (nSPS) is 34.1. The molecule has 1 aromatic heterocycles. The fraction of sp³-hybridized carbons (Fsp3) is 0.727. The lowest BCUT2D eigenvalue weighted by Gasteiger charge is -2.27. The highest BCUT2D eigenvalue weighted by atomic mass is 35.5. The van der Waals surface area contributed by atoms with Crippen LogP contribution in [-0.4, -0.2) is 24.1 Å². The average Bonchev–Trinajstić information content (AvgIpc) is 2.83. The molecule has 0 amide bonds. The van der Waals surface area contributed by atoms with Crippen molar-refractivity contribution in [2.24, 2.45) is 17.6 Å². The summed E-state index contributed by atoms with van der Waals surface area (Å²) in [5.41, 5.74) is 6.03. The third kappa shape index (κ3) is 1.94. The Morgan fingerprint density at radius 3 is 2.94 bits per heavy atom. The second-order valence-corrected chi connectivity index (χ2v) is 6.17. The molecule has 2 aliphatic rings. The molecule has 5 heteroatoms. The van der Waals surface area contributed by atoms with E-state index < -0.39 is 0 Å². The second-order valence-electron chi connectivity index (χ2n) is 4.95. The quantitative estimate of drug-likeness (QED) is 0.840. The Bertz CT molecular complexity index is 381. The third-order valence-electron chi connectivity index (χ3n) is 3.82. The van der Waals surface area contributed by atoms with Gasteiger partial charge in [0.05, 0.1) is 0 Å². The van der Waals surface area contributed by atoms with Gasteiger partial charge in [-0.1, -0.05) is 11.6 Å². The summed E-state index contributed by atoms with van der Waals surface area (Å²) in [6.45, 7) is 2.25. The van der Waals surface area contributed by atoms with E-state index in [0.29, 0.717) is 11.2 Å². The maximum absolute atomic E-state index is 6.03. The summed E-state index contributed by atoms with van der Waals surface area (Å²) < 4.78 is 0. The highest BCUT2D eigenvalue weighted by Gasteiger charge is 2.37. The van der Waals surface area contributed by atoms with Gasteiger partial charge in [-0.05, 0) is 31.1 Å². The molecule has 3 nitrogen and oxygen atoms in total. The lowest BCUT2D eigenvalue weighted by atomic mass is 9.79. The van der Waals surface area contributed by atoms with Crippen LogP contribution in [0.25, 0.3) is 0 Å². The minimum absolute atomic E-state index is 0.418. The molecule has 3 rings (SSSR count). The van der Waals surface area contributed by atoms with Gasteiger partial charge >= 0.3 is 0 Å². The molecule has 1 saturated heterocycles. The van der Waals surface area contributed by atoms with Gasteiger partial charge in [-0.3, -0.25) is 0 Å². The van der Waals surface area contributed by atoms with Crippen LogP contribution in [-0.2, 0) is 0 Å². The van der Waals surface area contributed by atoms with E-state index in [1.54, 1.807) is 11.3 Å². The molecule has 2 fully saturated rings. The molecule has 1 saturated carbocycles. The SMILES string of the molecule is NC1CC[C@@H]2CN(c3nc(Cl)cs3)C[C@@H]2C1. The van der Waals surface area contributed by atoms with Crippen molar-refractivity contribution in [3.63, 3.8) is 0 Å². The molecule has 0 spiro atoms. The number of anilines is 1. The van der Waals surface area contributed by atoms with Crippen LogP contribution < -0.4 is 10.6 Å². The molecular weight excluding hydrogens is 242 g/mol. The average molecular weight is 258 g/mol. The maximum atomic E-state index is 6.03. The lowest BCUT2D eigenvalue weighted by Crippen LogP contribution is -2.32. The smallest absolute Gasteiger partial charge is 0.186 e. The van der Waals surface area contributed by atoms with Crippen LogP contribution in [0, 0.1) is 11.8 Å². The van der Waals surface area contributed by atoms with Gasteiger partial charge < -0.3 is 10.6 Å². The summed E-state index contributed by atoms with van der Waals surface area (Å²) in [5, 5.41) is 3.60. The fourth-order valence-electron chi connectivity index (χ4n) is 3.01. The third-order valence-corrected chi connectivity index (χ3v) is 5.05. The van der Waals surface area contributed by atoms with Gasteiger partial charge in [-0.25, -0.2) is 4.98 Å². The Morgan fingerprint density at radius 1 is 1.38 bits per heavy atom. The molecule has 2 heterocycles. The number of hydrogen-bond donors (Lipinski definition) is 1. The van der Waals surface area contributed by atoms with Crippen LogP contribution in [0.5, 0.6) is 0 Å². The first-order valence-corrected chi connectivity index (χ1v) is 7.09. The predicted molar refractivity (Wildman–Crippen MR) is 68.1 cm³/mol. The number of aromatic nitrogens is 1. The highest BCUT2D eigenvalue weighted by Crippen LogP contribution is 2.38. The van der Waals surface area contributed by atoms with Crippen LogP contribution in [0.4, 0.5) is 5.13 Å². The number of hydrogen-bond acceptors (Lipinski definition) is 4. The molecule has 1 aliphatic carbocycles. The summed E-state index contributed by atoms with van der Waals surface area (Å²) in [7, 11) is 0. The molecule has 88 valence electrons.